The molecule has 0 N–H and O–H groups in total. The maximum absolute atomic E-state index is 14.6. The van der Waals surface area contributed by atoms with Gasteiger partial charge in [0.25, 0.3) is 5.91 Å². The molecule has 35 heavy (non-hydrogen) atoms. The molecule has 7 nitrogen and oxygen atoms in total. The molecule has 3 aromatic carbocycles. The minimum absolute atomic E-state index is 0.0933. The van der Waals surface area contributed by atoms with E-state index in [0.717, 1.165) is 32.7 Å². The van der Waals surface area contributed by atoms with E-state index in [4.69, 9.17) is 9.15 Å². The lowest BCUT2D eigenvalue weighted by atomic mass is 10.0. The Morgan fingerprint density at radius 3 is 2.69 bits per heavy atom. The molecular formula is C25H16F2N2O5S. The standard InChI is InChI=1S/C25H16F2N2O5S/c1-2-33-21(30)12-29-22-18(27)9-14(26)10-20(22)35-25(29)28-23(31)17-11-16-15-6-4-3-5-13(15)7-8-19(16)34-24(17)32/h3-11H,2,12H2,1H3. The third-order valence-electron chi connectivity index (χ3n) is 5.36. The maximum atomic E-state index is 14.6. The van der Waals surface area contributed by atoms with Crippen molar-refractivity contribution < 1.29 is 27.5 Å². The smallest absolute Gasteiger partial charge is 0.349 e. The Morgan fingerprint density at radius 2 is 1.89 bits per heavy atom. The van der Waals surface area contributed by atoms with Crippen molar-refractivity contribution in [1.29, 1.82) is 0 Å². The van der Waals surface area contributed by atoms with Crippen LogP contribution in [0.15, 0.2) is 68.8 Å². The predicted octanol–water partition coefficient (Wildman–Crippen LogP) is 4.54. The molecule has 0 saturated carbocycles. The van der Waals surface area contributed by atoms with Crippen LogP contribution in [0, 0.1) is 11.6 Å². The highest BCUT2D eigenvalue weighted by Crippen LogP contribution is 2.26. The fraction of sp³-hybridized carbons (Fsp3) is 0.120. The van der Waals surface area contributed by atoms with Gasteiger partial charge in [-0.05, 0) is 35.9 Å². The summed E-state index contributed by atoms with van der Waals surface area (Å²) in [4.78, 5) is 41.7. The summed E-state index contributed by atoms with van der Waals surface area (Å²) in [5.41, 5.74) is -1.02. The molecule has 0 spiro atoms. The summed E-state index contributed by atoms with van der Waals surface area (Å²) in [6.07, 6.45) is 0. The first kappa shape index (κ1) is 22.6. The number of carbonyl (C=O) groups is 2. The number of nitrogens with zero attached hydrogens (tertiary/aromatic N) is 2. The van der Waals surface area contributed by atoms with Gasteiger partial charge in [-0.1, -0.05) is 41.7 Å². The molecule has 0 aliphatic rings. The number of halogens is 2. The quantitative estimate of drug-likeness (QED) is 0.208. The van der Waals surface area contributed by atoms with Crippen molar-refractivity contribution in [2.24, 2.45) is 4.99 Å². The first-order valence-corrected chi connectivity index (χ1v) is 11.4. The van der Waals surface area contributed by atoms with Crippen molar-refractivity contribution in [3.05, 3.63) is 87.0 Å². The van der Waals surface area contributed by atoms with Gasteiger partial charge in [-0.25, -0.2) is 13.6 Å². The van der Waals surface area contributed by atoms with Crippen molar-refractivity contribution in [1.82, 2.24) is 4.57 Å². The van der Waals surface area contributed by atoms with Crippen molar-refractivity contribution in [3.8, 4) is 0 Å². The second kappa shape index (κ2) is 8.88. The molecule has 0 aliphatic heterocycles. The number of benzene rings is 3. The van der Waals surface area contributed by atoms with Gasteiger partial charge in [-0.2, -0.15) is 4.99 Å². The first-order chi connectivity index (χ1) is 16.9. The number of hydrogen-bond donors (Lipinski definition) is 0. The van der Waals surface area contributed by atoms with Crippen LogP contribution in [0.3, 0.4) is 0 Å². The summed E-state index contributed by atoms with van der Waals surface area (Å²) in [5.74, 6) is -3.38. The van der Waals surface area contributed by atoms with Crippen LogP contribution in [-0.4, -0.2) is 23.1 Å². The van der Waals surface area contributed by atoms with E-state index in [-0.39, 0.29) is 27.2 Å². The van der Waals surface area contributed by atoms with Crippen molar-refractivity contribution in [2.45, 2.75) is 13.5 Å². The highest BCUT2D eigenvalue weighted by molar-refractivity contribution is 7.16. The van der Waals surface area contributed by atoms with Gasteiger partial charge in [-0.3, -0.25) is 9.59 Å². The number of carbonyl (C=O) groups excluding carboxylic acids is 2. The SMILES string of the molecule is CCOC(=O)Cn1c(=NC(=O)c2cc3c(ccc4ccccc43)oc2=O)sc2cc(F)cc(F)c21. The van der Waals surface area contributed by atoms with Gasteiger partial charge in [-0.15, -0.1) is 0 Å². The summed E-state index contributed by atoms with van der Waals surface area (Å²) >= 11 is 0.802. The molecule has 1 amide bonds. The van der Waals surface area contributed by atoms with E-state index >= 15 is 0 Å². The number of aromatic nitrogens is 1. The Kier molecular flexibility index (Phi) is 5.73. The number of amides is 1. The Morgan fingerprint density at radius 1 is 1.09 bits per heavy atom. The monoisotopic (exact) mass is 494 g/mol. The summed E-state index contributed by atoms with van der Waals surface area (Å²) in [6.45, 7) is 1.25. The summed E-state index contributed by atoms with van der Waals surface area (Å²) in [5, 5.41) is 2.21. The zero-order chi connectivity index (χ0) is 24.7. The number of thiazole rings is 1. The third-order valence-corrected chi connectivity index (χ3v) is 6.38. The number of fused-ring (bicyclic) bond motifs is 4. The van der Waals surface area contributed by atoms with Crippen molar-refractivity contribution in [2.75, 3.05) is 6.61 Å². The lowest BCUT2D eigenvalue weighted by Gasteiger charge is -2.06. The maximum Gasteiger partial charge on any atom is 0.349 e. The van der Waals surface area contributed by atoms with Gasteiger partial charge in [0, 0.05) is 11.5 Å². The normalized spacial score (nSPS) is 12.0. The molecule has 0 atom stereocenters. The van der Waals surface area contributed by atoms with E-state index in [1.165, 1.54) is 6.07 Å². The minimum Gasteiger partial charge on any atom is -0.465 e. The van der Waals surface area contributed by atoms with Gasteiger partial charge in [0.1, 0.15) is 23.5 Å². The van der Waals surface area contributed by atoms with E-state index in [1.54, 1.807) is 19.1 Å². The molecule has 0 radical (unpaired) electrons. The molecule has 0 fully saturated rings. The Labute approximate surface area is 199 Å². The number of rotatable bonds is 4. The Hall–Kier alpha value is -4.18. The van der Waals surface area contributed by atoms with Crippen LogP contribution < -0.4 is 10.4 Å². The fourth-order valence-corrected chi connectivity index (χ4v) is 4.93. The Balaban J connectivity index is 1.70. The molecular weight excluding hydrogens is 478 g/mol. The third kappa shape index (κ3) is 4.12. The van der Waals surface area contributed by atoms with Crippen LogP contribution in [0.5, 0.6) is 0 Å². The summed E-state index contributed by atoms with van der Waals surface area (Å²) in [6, 6.07) is 14.0. The molecule has 5 aromatic rings. The molecule has 2 heterocycles. The van der Waals surface area contributed by atoms with Gasteiger partial charge < -0.3 is 13.7 Å². The number of hydrogen-bond acceptors (Lipinski definition) is 6. The van der Waals surface area contributed by atoms with E-state index < -0.39 is 35.7 Å². The lowest BCUT2D eigenvalue weighted by molar-refractivity contribution is -0.143. The van der Waals surface area contributed by atoms with E-state index in [0.29, 0.717) is 17.0 Å². The van der Waals surface area contributed by atoms with Gasteiger partial charge in [0.05, 0.1) is 16.8 Å². The highest BCUT2D eigenvalue weighted by atomic mass is 32.1. The van der Waals surface area contributed by atoms with Crippen LogP contribution in [0.4, 0.5) is 8.78 Å². The molecule has 5 rings (SSSR count). The van der Waals surface area contributed by atoms with Crippen molar-refractivity contribution in [3.63, 3.8) is 0 Å². The average molecular weight is 494 g/mol. The van der Waals surface area contributed by atoms with Crippen LogP contribution >= 0.6 is 11.3 Å². The second-order valence-corrected chi connectivity index (χ2v) is 8.58. The molecule has 10 heteroatoms. The molecule has 176 valence electrons. The summed E-state index contributed by atoms with van der Waals surface area (Å²) in [7, 11) is 0. The van der Waals surface area contributed by atoms with Gasteiger partial charge >= 0.3 is 11.6 Å². The molecule has 0 aliphatic carbocycles. The Bertz CT molecular complexity index is 1780. The van der Waals surface area contributed by atoms with Crippen LogP contribution in [0.1, 0.15) is 17.3 Å². The van der Waals surface area contributed by atoms with E-state index in [1.807, 2.05) is 24.3 Å². The second-order valence-electron chi connectivity index (χ2n) is 7.57. The average Bonchev–Trinajstić information content (AvgIpc) is 3.15. The first-order valence-electron chi connectivity index (χ1n) is 10.5. The number of esters is 1. The van der Waals surface area contributed by atoms with Crippen LogP contribution in [-0.2, 0) is 16.1 Å². The van der Waals surface area contributed by atoms with Crippen LogP contribution in [0.2, 0.25) is 0 Å². The molecule has 0 saturated heterocycles. The summed E-state index contributed by atoms with van der Waals surface area (Å²) < 4.78 is 40.0. The number of ether oxygens (including phenoxy) is 1. The van der Waals surface area contributed by atoms with Crippen LogP contribution in [0.25, 0.3) is 32.0 Å². The van der Waals surface area contributed by atoms with Crippen molar-refractivity contribution >= 4 is 55.2 Å². The molecule has 0 bridgehead atoms. The van der Waals surface area contributed by atoms with E-state index in [2.05, 4.69) is 4.99 Å². The lowest BCUT2D eigenvalue weighted by Crippen LogP contribution is -2.24. The predicted molar refractivity (Wildman–Crippen MR) is 126 cm³/mol. The highest BCUT2D eigenvalue weighted by Gasteiger charge is 2.19. The largest absolute Gasteiger partial charge is 0.465 e. The minimum atomic E-state index is -0.946. The zero-order valence-electron chi connectivity index (χ0n) is 18.2. The van der Waals surface area contributed by atoms with E-state index in [9.17, 15) is 23.2 Å². The fourth-order valence-electron chi connectivity index (χ4n) is 3.86. The zero-order valence-corrected chi connectivity index (χ0v) is 19.0. The topological polar surface area (TPSA) is 90.9 Å². The van der Waals surface area contributed by atoms with Gasteiger partial charge in [0.15, 0.2) is 10.6 Å². The van der Waals surface area contributed by atoms with Gasteiger partial charge in [0.2, 0.25) is 0 Å². The molecule has 0 unspecified atom stereocenters. The molecule has 2 aromatic heterocycles.